The van der Waals surface area contributed by atoms with Crippen molar-refractivity contribution in [3.63, 3.8) is 0 Å². The summed E-state index contributed by atoms with van der Waals surface area (Å²) < 4.78 is 24.1. The molecule has 0 radical (unpaired) electrons. The average molecular weight is 650 g/mol. The predicted molar refractivity (Wildman–Crippen MR) is 185 cm³/mol. The quantitative estimate of drug-likeness (QED) is 0.193. The molecule has 1 unspecified atom stereocenters. The average Bonchev–Trinajstić information content (AvgIpc) is 3.89. The van der Waals surface area contributed by atoms with Gasteiger partial charge in [0.25, 0.3) is 0 Å². The van der Waals surface area contributed by atoms with Gasteiger partial charge in [-0.1, -0.05) is 36.8 Å². The van der Waals surface area contributed by atoms with Gasteiger partial charge in [-0.3, -0.25) is 4.68 Å². The number of hydrogen-bond donors (Lipinski definition) is 0. The highest BCUT2D eigenvalue weighted by molar-refractivity contribution is 5.54. The molecule has 250 valence electrons. The van der Waals surface area contributed by atoms with Crippen molar-refractivity contribution in [1.82, 2.24) is 24.1 Å². The van der Waals surface area contributed by atoms with Crippen molar-refractivity contribution < 1.29 is 14.2 Å². The zero-order chi connectivity index (χ0) is 33.1. The van der Waals surface area contributed by atoms with Crippen LogP contribution in [0.1, 0.15) is 37.4 Å². The van der Waals surface area contributed by atoms with Crippen LogP contribution in [-0.4, -0.2) is 69.6 Å². The van der Waals surface area contributed by atoms with Gasteiger partial charge in [0.2, 0.25) is 5.79 Å². The Kier molecular flexibility index (Phi) is 9.05. The van der Waals surface area contributed by atoms with E-state index in [2.05, 4.69) is 70.2 Å². The van der Waals surface area contributed by atoms with Gasteiger partial charge in [0, 0.05) is 55.5 Å². The maximum absolute atomic E-state index is 12.8. The van der Waals surface area contributed by atoms with Crippen LogP contribution in [0.3, 0.4) is 0 Å². The van der Waals surface area contributed by atoms with E-state index in [1.165, 1.54) is 5.69 Å². The molecule has 2 fully saturated rings. The van der Waals surface area contributed by atoms with Crippen LogP contribution >= 0.6 is 0 Å². The van der Waals surface area contributed by atoms with Crippen molar-refractivity contribution in [2.24, 2.45) is 0 Å². The Labute approximate surface area is 280 Å². The van der Waals surface area contributed by atoms with E-state index in [4.69, 9.17) is 14.2 Å². The number of aromatic nitrogens is 5. The Hall–Kier alpha value is -4.87. The van der Waals surface area contributed by atoms with Crippen LogP contribution in [0, 0.1) is 6.92 Å². The highest BCUT2D eigenvalue weighted by atomic mass is 16.8. The highest BCUT2D eigenvalue weighted by Crippen LogP contribution is 2.37. The van der Waals surface area contributed by atoms with Crippen LogP contribution in [0.15, 0.2) is 102 Å². The first kappa shape index (κ1) is 31.7. The number of piperazine rings is 1. The Balaban J connectivity index is 0.919. The van der Waals surface area contributed by atoms with E-state index in [-0.39, 0.29) is 17.8 Å². The molecule has 0 amide bonds. The van der Waals surface area contributed by atoms with Crippen molar-refractivity contribution in [2.75, 3.05) is 49.2 Å². The third-order valence-electron chi connectivity index (χ3n) is 9.36. The summed E-state index contributed by atoms with van der Waals surface area (Å²) in [7, 11) is 0. The zero-order valence-corrected chi connectivity index (χ0v) is 27.8. The summed E-state index contributed by atoms with van der Waals surface area (Å²) in [4.78, 5) is 17.6. The van der Waals surface area contributed by atoms with Gasteiger partial charge < -0.3 is 24.0 Å². The molecular weight excluding hydrogens is 606 g/mol. The maximum Gasteiger partial charge on any atom is 0.350 e. The minimum absolute atomic E-state index is 0.0734. The van der Waals surface area contributed by atoms with Gasteiger partial charge >= 0.3 is 5.69 Å². The van der Waals surface area contributed by atoms with E-state index in [1.54, 1.807) is 21.8 Å². The van der Waals surface area contributed by atoms with E-state index in [0.717, 1.165) is 60.9 Å². The molecule has 5 aromatic rings. The van der Waals surface area contributed by atoms with Gasteiger partial charge in [-0.2, -0.15) is 10.2 Å². The molecule has 4 heterocycles. The van der Waals surface area contributed by atoms with Crippen molar-refractivity contribution in [3.05, 3.63) is 119 Å². The molecule has 0 spiro atoms. The standard InChI is InChI=1S/C37H43N7O4/c1-4-29(3)44-36(45)43(27-39-44)33-11-9-31(10-12-33)40-19-21-41(22-20-40)32-13-15-34(16-14-32)46-24-35-25-47-37(48-35,26-42-18-6-17-38-42)30-8-5-7-28(2)23-30/h5-18,23,27,29,35H,4,19-22,24-26H2,1-3H3/t29?,35-,37-/m1/s1. The van der Waals surface area contributed by atoms with Crippen LogP contribution in [-0.2, 0) is 21.8 Å². The molecule has 11 nitrogen and oxygen atoms in total. The van der Waals surface area contributed by atoms with E-state index in [0.29, 0.717) is 19.8 Å². The van der Waals surface area contributed by atoms with Gasteiger partial charge in [-0.15, -0.1) is 0 Å². The minimum Gasteiger partial charge on any atom is -0.491 e. The van der Waals surface area contributed by atoms with Crippen molar-refractivity contribution in [1.29, 1.82) is 0 Å². The second-order valence-corrected chi connectivity index (χ2v) is 12.7. The van der Waals surface area contributed by atoms with Crippen LogP contribution < -0.4 is 20.2 Å². The van der Waals surface area contributed by atoms with Crippen LogP contribution in [0.2, 0.25) is 0 Å². The van der Waals surface area contributed by atoms with E-state index < -0.39 is 5.79 Å². The maximum atomic E-state index is 12.8. The molecule has 3 aromatic carbocycles. The van der Waals surface area contributed by atoms with Crippen LogP contribution in [0.4, 0.5) is 11.4 Å². The lowest BCUT2D eigenvalue weighted by molar-refractivity contribution is -0.190. The number of ether oxygens (including phenoxy) is 3. The summed E-state index contributed by atoms with van der Waals surface area (Å²) in [6.07, 6.45) is 5.93. The van der Waals surface area contributed by atoms with Crippen molar-refractivity contribution >= 4 is 11.4 Å². The number of anilines is 2. The van der Waals surface area contributed by atoms with E-state index in [1.807, 2.05) is 60.3 Å². The lowest BCUT2D eigenvalue weighted by Crippen LogP contribution is -2.46. The molecule has 48 heavy (non-hydrogen) atoms. The summed E-state index contributed by atoms with van der Waals surface area (Å²) in [6.45, 7) is 11.0. The highest BCUT2D eigenvalue weighted by Gasteiger charge is 2.44. The summed E-state index contributed by atoms with van der Waals surface area (Å²) >= 11 is 0. The van der Waals surface area contributed by atoms with E-state index >= 15 is 0 Å². The summed E-state index contributed by atoms with van der Waals surface area (Å²) in [5, 5.41) is 8.69. The van der Waals surface area contributed by atoms with Gasteiger partial charge in [-0.05, 0) is 74.9 Å². The Morgan fingerprint density at radius 2 is 1.60 bits per heavy atom. The molecule has 0 bridgehead atoms. The normalized spacial score (nSPS) is 20.3. The van der Waals surface area contributed by atoms with Gasteiger partial charge in [-0.25, -0.2) is 14.0 Å². The minimum atomic E-state index is -0.920. The molecule has 2 aromatic heterocycles. The van der Waals surface area contributed by atoms with Gasteiger partial charge in [0.1, 0.15) is 24.8 Å². The fourth-order valence-corrected chi connectivity index (χ4v) is 6.42. The summed E-state index contributed by atoms with van der Waals surface area (Å²) in [6, 6.07) is 26.7. The molecule has 2 aliphatic heterocycles. The van der Waals surface area contributed by atoms with Crippen molar-refractivity contribution in [3.8, 4) is 11.4 Å². The largest absolute Gasteiger partial charge is 0.491 e. The van der Waals surface area contributed by atoms with Crippen LogP contribution in [0.5, 0.6) is 5.75 Å². The summed E-state index contributed by atoms with van der Waals surface area (Å²) in [5.41, 5.74) is 5.17. The Morgan fingerprint density at radius 1 is 0.917 bits per heavy atom. The van der Waals surface area contributed by atoms with E-state index in [9.17, 15) is 4.79 Å². The van der Waals surface area contributed by atoms with Crippen LogP contribution in [0.25, 0.3) is 5.69 Å². The molecule has 7 rings (SSSR count). The molecule has 0 saturated carbocycles. The van der Waals surface area contributed by atoms with Crippen molar-refractivity contribution in [2.45, 2.75) is 51.7 Å². The smallest absolute Gasteiger partial charge is 0.350 e. The third kappa shape index (κ3) is 6.61. The number of benzene rings is 3. The lowest BCUT2D eigenvalue weighted by atomic mass is 10.0. The van der Waals surface area contributed by atoms with Gasteiger partial charge in [0.05, 0.1) is 24.9 Å². The zero-order valence-electron chi connectivity index (χ0n) is 27.8. The molecule has 3 atom stereocenters. The molecule has 0 N–H and O–H groups in total. The monoisotopic (exact) mass is 649 g/mol. The fourth-order valence-electron chi connectivity index (χ4n) is 6.42. The third-order valence-corrected chi connectivity index (χ3v) is 9.36. The Bertz CT molecular complexity index is 1840. The first-order valence-electron chi connectivity index (χ1n) is 16.8. The topological polar surface area (TPSA) is 91.8 Å². The SMILES string of the molecule is CCC(C)n1ncn(-c2ccc(N3CCN(c4ccc(OC[C@@H]5CO[C@@](Cn6cccn6)(c6cccc(C)c6)O5)cc4)CC3)cc2)c1=O. The van der Waals surface area contributed by atoms with Gasteiger partial charge in [0.15, 0.2) is 0 Å². The molecule has 0 aliphatic carbocycles. The predicted octanol–water partition coefficient (Wildman–Crippen LogP) is 5.18. The second-order valence-electron chi connectivity index (χ2n) is 12.7. The first-order valence-corrected chi connectivity index (χ1v) is 16.8. The number of hydrogen-bond acceptors (Lipinski definition) is 8. The number of rotatable bonds is 11. The number of nitrogens with zero attached hydrogens (tertiary/aromatic N) is 7. The molecule has 2 aliphatic rings. The molecule has 2 saturated heterocycles. The fraction of sp³-hybridized carbons (Fsp3) is 0.378. The Morgan fingerprint density at radius 3 is 2.25 bits per heavy atom. The lowest BCUT2D eigenvalue weighted by Gasteiger charge is -2.37. The summed E-state index contributed by atoms with van der Waals surface area (Å²) in [5.74, 6) is -0.119. The first-order chi connectivity index (χ1) is 23.4. The molecular formula is C37H43N7O4. The number of aryl methyl sites for hydroxylation is 1. The second kappa shape index (κ2) is 13.7. The molecule has 11 heteroatoms.